The molecule has 1 rings (SSSR count). The van der Waals surface area contributed by atoms with Crippen LogP contribution < -0.4 is 0 Å². The van der Waals surface area contributed by atoms with E-state index in [2.05, 4.69) is 0 Å². The van der Waals surface area contributed by atoms with Gasteiger partial charge in [-0.1, -0.05) is 0 Å². The van der Waals surface area contributed by atoms with Gasteiger partial charge < -0.3 is 0 Å². The molecule has 0 heterocycles. The Bertz CT molecular complexity index is 296. The normalized spacial score (nSPS) is 9.73. The van der Waals surface area contributed by atoms with Gasteiger partial charge in [-0.15, -0.1) is 0 Å². The van der Waals surface area contributed by atoms with Crippen LogP contribution in [0.4, 0.5) is 13.2 Å². The number of rotatable bonds is 1. The van der Waals surface area contributed by atoms with Crippen molar-refractivity contribution in [1.29, 1.82) is 0 Å². The first-order valence-electron chi connectivity index (χ1n) is 2.68. The Balaban J connectivity index is 3.31. The van der Waals surface area contributed by atoms with E-state index in [1.54, 1.807) is 0 Å². The maximum absolute atomic E-state index is 12.4. The number of hydrogen-bond donors (Lipinski definition) is 0. The Labute approximate surface area is 60.5 Å². The Morgan fingerprint density at radius 3 is 2.09 bits per heavy atom. The monoisotopic (exact) mass is 159 g/mol. The molecule has 0 aliphatic rings. The van der Waals surface area contributed by atoms with Crippen LogP contribution in [0.25, 0.3) is 0 Å². The summed E-state index contributed by atoms with van der Waals surface area (Å²) in [5.74, 6) is -3.69. The Kier molecular flexibility index (Phi) is 1.94. The zero-order valence-corrected chi connectivity index (χ0v) is 5.20. The van der Waals surface area contributed by atoms with Crippen molar-refractivity contribution < 1.29 is 18.0 Å². The van der Waals surface area contributed by atoms with E-state index in [-0.39, 0.29) is 0 Å². The highest BCUT2D eigenvalue weighted by molar-refractivity contribution is 5.75. The molecule has 1 nitrogen and oxygen atoms in total. The van der Waals surface area contributed by atoms with Gasteiger partial charge in [0, 0.05) is 6.07 Å². The van der Waals surface area contributed by atoms with Gasteiger partial charge in [-0.2, -0.15) is 0 Å². The van der Waals surface area contributed by atoms with Crippen molar-refractivity contribution in [2.24, 2.45) is 0 Å². The molecule has 0 saturated heterocycles. The van der Waals surface area contributed by atoms with Gasteiger partial charge in [-0.3, -0.25) is 4.79 Å². The summed E-state index contributed by atoms with van der Waals surface area (Å²) in [5.41, 5.74) is -0.607. The van der Waals surface area contributed by atoms with Crippen molar-refractivity contribution >= 4 is 6.29 Å². The van der Waals surface area contributed by atoms with Crippen molar-refractivity contribution in [1.82, 2.24) is 0 Å². The lowest BCUT2D eigenvalue weighted by molar-refractivity contribution is 0.492. The number of benzene rings is 1. The first-order valence-corrected chi connectivity index (χ1v) is 2.68. The lowest BCUT2D eigenvalue weighted by Gasteiger charge is -1.94. The average Bonchev–Trinajstić information content (AvgIpc) is 1.97. The maximum atomic E-state index is 12.4. The molecule has 1 aromatic carbocycles. The van der Waals surface area contributed by atoms with Gasteiger partial charge in [-0.05, 0) is 6.07 Å². The molecule has 0 bridgehead atoms. The third-order valence-corrected chi connectivity index (χ3v) is 1.12. The summed E-state index contributed by atoms with van der Waals surface area (Å²) in [7, 11) is 0. The molecule has 0 unspecified atom stereocenters. The second kappa shape index (κ2) is 2.74. The summed E-state index contributed by atoms with van der Waals surface area (Å²) in [6.07, 6.45) is 1.13. The van der Waals surface area contributed by atoms with Crippen LogP contribution in [0.1, 0.15) is 5.56 Å². The van der Waals surface area contributed by atoms with Gasteiger partial charge in [0.2, 0.25) is 6.29 Å². The minimum atomic E-state index is -1.32. The molecule has 1 aromatic rings. The van der Waals surface area contributed by atoms with E-state index in [9.17, 15) is 18.0 Å². The van der Waals surface area contributed by atoms with Gasteiger partial charge in [0.25, 0.3) is 0 Å². The summed E-state index contributed by atoms with van der Waals surface area (Å²) in [6.45, 7) is 0. The van der Waals surface area contributed by atoms with Gasteiger partial charge >= 0.3 is 0 Å². The molecule has 4 heteroatoms. The van der Waals surface area contributed by atoms with E-state index in [1.807, 2.05) is 0 Å². The summed E-state index contributed by atoms with van der Waals surface area (Å²) in [5, 5.41) is 0. The van der Waals surface area contributed by atoms with Crippen molar-refractivity contribution in [3.8, 4) is 0 Å². The first-order chi connectivity index (χ1) is 5.15. The average molecular weight is 159 g/mol. The lowest BCUT2D eigenvalue weighted by Crippen LogP contribution is -1.93. The molecule has 0 aromatic heterocycles. The summed E-state index contributed by atoms with van der Waals surface area (Å²) >= 11 is 0. The Morgan fingerprint density at radius 1 is 1.00 bits per heavy atom. The summed E-state index contributed by atoms with van der Waals surface area (Å²) in [6, 6.07) is 0.757. The zero-order chi connectivity index (χ0) is 8.43. The number of halogens is 3. The topological polar surface area (TPSA) is 17.1 Å². The molecule has 0 spiro atoms. The van der Waals surface area contributed by atoms with E-state index < -0.39 is 23.0 Å². The molecule has 1 radical (unpaired) electrons. The van der Waals surface area contributed by atoms with Gasteiger partial charge in [-0.25, -0.2) is 13.2 Å². The van der Waals surface area contributed by atoms with Gasteiger partial charge in [0.1, 0.15) is 5.82 Å². The fraction of sp³-hybridized carbons (Fsp3) is 0. The maximum Gasteiger partial charge on any atom is 0.236 e. The van der Waals surface area contributed by atoms with Crippen molar-refractivity contribution in [2.75, 3.05) is 0 Å². The molecule has 0 saturated carbocycles. The second-order valence-electron chi connectivity index (χ2n) is 1.85. The van der Waals surface area contributed by atoms with Crippen LogP contribution in [-0.4, -0.2) is 6.29 Å². The quantitative estimate of drug-likeness (QED) is 0.568. The van der Waals surface area contributed by atoms with E-state index >= 15 is 0 Å². The van der Waals surface area contributed by atoms with Crippen LogP contribution in [0.5, 0.6) is 0 Å². The molecule has 0 aliphatic heterocycles. The molecule has 57 valence electrons. The molecule has 0 fully saturated rings. The third-order valence-electron chi connectivity index (χ3n) is 1.12. The predicted octanol–water partition coefficient (Wildman–Crippen LogP) is 1.56. The second-order valence-corrected chi connectivity index (χ2v) is 1.85. The van der Waals surface area contributed by atoms with Gasteiger partial charge in [0.05, 0.1) is 5.56 Å². The van der Waals surface area contributed by atoms with Crippen LogP contribution >= 0.6 is 0 Å². The first kappa shape index (κ1) is 7.78. The SMILES string of the molecule is O=[C]c1cc(F)c(F)cc1F. The third kappa shape index (κ3) is 1.39. The molecule has 0 N–H and O–H groups in total. The van der Waals surface area contributed by atoms with Crippen molar-refractivity contribution in [3.63, 3.8) is 0 Å². The molecule has 0 atom stereocenters. The number of carbonyl (C=O) groups excluding carboxylic acids is 1. The van der Waals surface area contributed by atoms with Gasteiger partial charge in [0.15, 0.2) is 11.6 Å². The van der Waals surface area contributed by atoms with E-state index in [4.69, 9.17) is 0 Å². The van der Waals surface area contributed by atoms with Crippen LogP contribution in [-0.2, 0) is 4.79 Å². The minimum absolute atomic E-state index is 0.301. The highest BCUT2D eigenvalue weighted by Gasteiger charge is 2.08. The standard InChI is InChI=1S/C7H2F3O/c8-5-2-7(10)6(9)1-4(5)3-11/h1-2H. The molecule has 11 heavy (non-hydrogen) atoms. The van der Waals surface area contributed by atoms with Crippen LogP contribution in [0.2, 0.25) is 0 Å². The fourth-order valence-electron chi connectivity index (χ4n) is 0.601. The Hall–Kier alpha value is -1.32. The molecular formula is C7H2F3O. The Morgan fingerprint density at radius 2 is 1.55 bits per heavy atom. The molecular weight excluding hydrogens is 157 g/mol. The largest absolute Gasteiger partial charge is 0.285 e. The molecule has 0 aliphatic carbocycles. The van der Waals surface area contributed by atoms with E-state index in [0.717, 1.165) is 6.29 Å². The highest BCUT2D eigenvalue weighted by atomic mass is 19.2. The lowest BCUT2D eigenvalue weighted by atomic mass is 10.2. The van der Waals surface area contributed by atoms with Crippen LogP contribution in [0, 0.1) is 17.5 Å². The summed E-state index contributed by atoms with van der Waals surface area (Å²) in [4.78, 5) is 9.84. The smallest absolute Gasteiger partial charge is 0.236 e. The minimum Gasteiger partial charge on any atom is -0.285 e. The zero-order valence-electron chi connectivity index (χ0n) is 5.20. The fourth-order valence-corrected chi connectivity index (χ4v) is 0.601. The van der Waals surface area contributed by atoms with Crippen molar-refractivity contribution in [3.05, 3.63) is 35.1 Å². The molecule has 0 amide bonds. The highest BCUT2D eigenvalue weighted by Crippen LogP contribution is 2.11. The number of hydrogen-bond acceptors (Lipinski definition) is 1. The van der Waals surface area contributed by atoms with Crippen LogP contribution in [0.3, 0.4) is 0 Å². The summed E-state index contributed by atoms with van der Waals surface area (Å²) < 4.78 is 36.7. The van der Waals surface area contributed by atoms with E-state index in [0.29, 0.717) is 12.1 Å². The van der Waals surface area contributed by atoms with Crippen molar-refractivity contribution in [2.45, 2.75) is 0 Å². The van der Waals surface area contributed by atoms with Crippen LogP contribution in [0.15, 0.2) is 12.1 Å². The van der Waals surface area contributed by atoms with E-state index in [1.165, 1.54) is 0 Å². The predicted molar refractivity (Wildman–Crippen MR) is 31.1 cm³/mol.